The highest BCUT2D eigenvalue weighted by molar-refractivity contribution is 6.23. The highest BCUT2D eigenvalue weighted by atomic mass is 16.6. The summed E-state index contributed by atoms with van der Waals surface area (Å²) in [5.74, 6) is -7.70. The Labute approximate surface area is 250 Å². The predicted octanol–water partition coefficient (Wildman–Crippen LogP) is 6.75. The minimum atomic E-state index is -2.39. The van der Waals surface area contributed by atoms with Crippen molar-refractivity contribution in [3.8, 4) is 33.8 Å². The quantitative estimate of drug-likeness (QED) is 0.238. The molecule has 0 bridgehead atoms. The Bertz CT molecular complexity index is 2150. The van der Waals surface area contributed by atoms with Gasteiger partial charge in [-0.3, -0.25) is 9.59 Å². The molecule has 44 heavy (non-hydrogen) atoms. The summed E-state index contributed by atoms with van der Waals surface area (Å²) in [6.45, 7) is 0. The molecule has 0 radical (unpaired) electrons. The highest BCUT2D eigenvalue weighted by Gasteiger charge is 2.70. The van der Waals surface area contributed by atoms with Gasteiger partial charge in [-0.2, -0.15) is 0 Å². The minimum Gasteiger partial charge on any atom is -0.454 e. The standard InChI is InChI=1S/C38H22O6/c39-35-29-23(19-7-3-1-4-8-19)15-11-21-13-17-25-31(27(21)29)33-34-32-26(43-37(33,35)41)18-14-22-12-16-24(20-9-5-2-6-10-20)30(28(22)32)36(40)38(34,42)44-25/h1-18,33-34,41-42H/t33-,34-,37+,38+/m1/s1. The van der Waals surface area contributed by atoms with E-state index in [0.717, 1.165) is 21.9 Å². The second-order valence-electron chi connectivity index (χ2n) is 12.1. The van der Waals surface area contributed by atoms with Crippen LogP contribution in [0, 0.1) is 0 Å². The summed E-state index contributed by atoms with van der Waals surface area (Å²) in [5, 5.41) is 27.9. The van der Waals surface area contributed by atoms with Crippen molar-refractivity contribution < 1.29 is 29.3 Å². The summed E-state index contributed by atoms with van der Waals surface area (Å²) >= 11 is 0. The smallest absolute Gasteiger partial charge is 0.280 e. The molecular weight excluding hydrogens is 552 g/mol. The number of hydrogen-bond donors (Lipinski definition) is 2. The number of benzene rings is 6. The normalized spacial score (nSPS) is 25.2. The van der Waals surface area contributed by atoms with E-state index in [1.54, 1.807) is 12.1 Å². The summed E-state index contributed by atoms with van der Waals surface area (Å²) in [5.41, 5.74) is 4.74. The van der Waals surface area contributed by atoms with E-state index in [1.807, 2.05) is 97.1 Å². The van der Waals surface area contributed by atoms with Crippen molar-refractivity contribution in [2.75, 3.05) is 0 Å². The number of aliphatic hydroxyl groups is 2. The van der Waals surface area contributed by atoms with E-state index in [0.29, 0.717) is 44.2 Å². The van der Waals surface area contributed by atoms with Crippen LogP contribution in [0.1, 0.15) is 43.7 Å². The summed E-state index contributed by atoms with van der Waals surface area (Å²) in [6.07, 6.45) is 0. The molecular formula is C38H22O6. The van der Waals surface area contributed by atoms with Crippen molar-refractivity contribution in [2.45, 2.75) is 23.4 Å². The van der Waals surface area contributed by atoms with Crippen LogP contribution in [0.2, 0.25) is 0 Å². The van der Waals surface area contributed by atoms with Gasteiger partial charge in [0, 0.05) is 33.0 Å². The van der Waals surface area contributed by atoms with E-state index in [9.17, 15) is 19.8 Å². The number of rotatable bonds is 2. The molecule has 2 N–H and O–H groups in total. The fourth-order valence-corrected chi connectivity index (χ4v) is 8.21. The number of Topliss-reactive ketones (excluding diaryl/α,β-unsaturated/α-hetero) is 2. The third kappa shape index (κ3) is 2.66. The Kier molecular flexibility index (Phi) is 4.28. The fraction of sp³-hybridized carbons (Fsp3) is 0.105. The van der Waals surface area contributed by atoms with E-state index < -0.39 is 35.0 Å². The zero-order valence-corrected chi connectivity index (χ0v) is 23.1. The largest absolute Gasteiger partial charge is 0.454 e. The number of ketones is 2. The lowest BCUT2D eigenvalue weighted by Gasteiger charge is -2.55. The molecule has 2 heterocycles. The Morgan fingerprint density at radius 3 is 1.30 bits per heavy atom. The lowest BCUT2D eigenvalue weighted by molar-refractivity contribution is -0.193. The van der Waals surface area contributed by atoms with Gasteiger partial charge in [-0.25, -0.2) is 0 Å². The van der Waals surface area contributed by atoms with E-state index in [1.165, 1.54) is 0 Å². The monoisotopic (exact) mass is 574 g/mol. The molecule has 2 aliphatic heterocycles. The average Bonchev–Trinajstić information content (AvgIpc) is 3.06. The van der Waals surface area contributed by atoms with E-state index in [4.69, 9.17) is 9.47 Å². The third-order valence-electron chi connectivity index (χ3n) is 9.98. The molecule has 10 rings (SSSR count). The second-order valence-corrected chi connectivity index (χ2v) is 12.1. The maximum Gasteiger partial charge on any atom is 0.280 e. The first-order chi connectivity index (χ1) is 21.4. The molecule has 0 fully saturated rings. The molecule has 0 saturated heterocycles. The Morgan fingerprint density at radius 1 is 0.500 bits per heavy atom. The predicted molar refractivity (Wildman–Crippen MR) is 164 cm³/mol. The average molecular weight is 575 g/mol. The zero-order valence-electron chi connectivity index (χ0n) is 23.1. The Balaban J connectivity index is 1.35. The molecule has 6 heteroatoms. The summed E-state index contributed by atoms with van der Waals surface area (Å²) in [4.78, 5) is 29.3. The molecule has 2 aliphatic carbocycles. The van der Waals surface area contributed by atoms with Crippen molar-refractivity contribution in [3.05, 3.63) is 131 Å². The van der Waals surface area contributed by atoms with Crippen LogP contribution in [0.25, 0.3) is 43.8 Å². The van der Waals surface area contributed by atoms with Gasteiger partial charge in [-0.1, -0.05) is 97.1 Å². The van der Waals surface area contributed by atoms with Crippen molar-refractivity contribution in [3.63, 3.8) is 0 Å². The molecule has 6 nitrogen and oxygen atoms in total. The van der Waals surface area contributed by atoms with Crippen LogP contribution in [-0.2, 0) is 0 Å². The van der Waals surface area contributed by atoms with Crippen molar-refractivity contribution in [1.82, 2.24) is 0 Å². The third-order valence-corrected chi connectivity index (χ3v) is 9.98. The van der Waals surface area contributed by atoms with Crippen LogP contribution < -0.4 is 9.47 Å². The van der Waals surface area contributed by atoms with Gasteiger partial charge >= 0.3 is 0 Å². The van der Waals surface area contributed by atoms with Gasteiger partial charge in [0.15, 0.2) is 0 Å². The highest BCUT2D eigenvalue weighted by Crippen LogP contribution is 2.66. The van der Waals surface area contributed by atoms with Gasteiger partial charge in [-0.15, -0.1) is 0 Å². The van der Waals surface area contributed by atoms with Crippen molar-refractivity contribution >= 4 is 33.1 Å². The second kappa shape index (κ2) is 7.80. The molecule has 210 valence electrons. The summed E-state index contributed by atoms with van der Waals surface area (Å²) < 4.78 is 12.8. The molecule has 6 aromatic rings. The van der Waals surface area contributed by atoms with E-state index in [2.05, 4.69) is 0 Å². The van der Waals surface area contributed by atoms with Gasteiger partial charge in [0.1, 0.15) is 11.5 Å². The van der Waals surface area contributed by atoms with Gasteiger partial charge in [0.2, 0.25) is 11.6 Å². The minimum absolute atomic E-state index is 0.242. The van der Waals surface area contributed by atoms with Crippen LogP contribution in [0.4, 0.5) is 0 Å². The Morgan fingerprint density at radius 2 is 0.886 bits per heavy atom. The topological polar surface area (TPSA) is 93.1 Å². The summed E-state index contributed by atoms with van der Waals surface area (Å²) in [6, 6.07) is 33.8. The van der Waals surface area contributed by atoms with Crippen LogP contribution in [0.15, 0.2) is 109 Å². The SMILES string of the molecule is O=C1c2c(-c3ccccc3)ccc3ccc4c(c23)[C@@H]2[C@H]3c5c(ccc6ccc(-c7ccccc7)c(c56)C(=O)[C@@]3(O)O4)O[C@]12O. The number of hydrogen-bond acceptors (Lipinski definition) is 6. The lowest BCUT2D eigenvalue weighted by Crippen LogP contribution is -2.65. The van der Waals surface area contributed by atoms with Gasteiger partial charge < -0.3 is 19.7 Å². The molecule has 0 amide bonds. The summed E-state index contributed by atoms with van der Waals surface area (Å²) in [7, 11) is 0. The van der Waals surface area contributed by atoms with Gasteiger partial charge in [0.05, 0.1) is 11.8 Å². The molecule has 0 aromatic heterocycles. The molecule has 0 saturated carbocycles. The number of carbonyl (C=O) groups is 2. The number of ether oxygens (including phenoxy) is 2. The molecule has 0 unspecified atom stereocenters. The van der Waals surface area contributed by atoms with E-state index in [-0.39, 0.29) is 11.5 Å². The zero-order chi connectivity index (χ0) is 29.5. The number of carbonyl (C=O) groups excluding carboxylic acids is 2. The molecule has 0 spiro atoms. The van der Waals surface area contributed by atoms with Crippen molar-refractivity contribution in [1.29, 1.82) is 0 Å². The van der Waals surface area contributed by atoms with Gasteiger partial charge in [-0.05, 0) is 45.2 Å². The van der Waals surface area contributed by atoms with Crippen molar-refractivity contribution in [2.24, 2.45) is 0 Å². The first-order valence-electron chi connectivity index (χ1n) is 14.6. The molecule has 6 aromatic carbocycles. The van der Waals surface area contributed by atoms with Gasteiger partial charge in [0.25, 0.3) is 11.6 Å². The van der Waals surface area contributed by atoms with Crippen LogP contribution in [-0.4, -0.2) is 33.4 Å². The van der Waals surface area contributed by atoms with Crippen LogP contribution in [0.3, 0.4) is 0 Å². The first kappa shape index (κ1) is 24.2. The Hall–Kier alpha value is -5.30. The first-order valence-corrected chi connectivity index (χ1v) is 14.6. The molecule has 4 aliphatic rings. The maximum atomic E-state index is 14.7. The van der Waals surface area contributed by atoms with Crippen LogP contribution in [0.5, 0.6) is 11.5 Å². The van der Waals surface area contributed by atoms with E-state index >= 15 is 0 Å². The van der Waals surface area contributed by atoms with Crippen LogP contribution >= 0.6 is 0 Å². The molecule has 4 atom stereocenters. The maximum absolute atomic E-state index is 14.7. The fourth-order valence-electron chi connectivity index (χ4n) is 8.21. The lowest BCUT2D eigenvalue weighted by atomic mass is 9.59.